The van der Waals surface area contributed by atoms with E-state index in [1.165, 1.54) is 0 Å². The predicted octanol–water partition coefficient (Wildman–Crippen LogP) is 0.341. The Morgan fingerprint density at radius 3 is 2.31 bits per heavy atom. The second-order valence-electron chi connectivity index (χ2n) is 4.98. The number of carboxylic acids is 1. The van der Waals surface area contributed by atoms with E-state index in [-0.39, 0.29) is 11.8 Å². The van der Waals surface area contributed by atoms with Gasteiger partial charge in [0.15, 0.2) is 0 Å². The number of carboxylic acid groups (broad SMARTS) is 1. The third-order valence-corrected chi connectivity index (χ3v) is 3.04. The molecule has 5 nitrogen and oxygen atoms in total. The van der Waals surface area contributed by atoms with Crippen molar-refractivity contribution in [1.29, 1.82) is 0 Å². The second kappa shape index (κ2) is 4.82. The van der Waals surface area contributed by atoms with E-state index in [1.807, 2.05) is 13.8 Å². The number of nitrogens with one attached hydrogen (secondary N) is 1. The third-order valence-electron chi connectivity index (χ3n) is 3.04. The van der Waals surface area contributed by atoms with Gasteiger partial charge in [-0.15, -0.1) is 0 Å². The largest absolute Gasteiger partial charge is 0.480 e. The fourth-order valence-electron chi connectivity index (χ4n) is 1.68. The van der Waals surface area contributed by atoms with E-state index >= 15 is 0 Å². The Hall–Kier alpha value is -1.10. The lowest BCUT2D eigenvalue weighted by molar-refractivity contribution is -0.143. The fraction of sp³-hybridized carbons (Fsp3) is 0.818. The van der Waals surface area contributed by atoms with Crippen molar-refractivity contribution in [1.82, 2.24) is 5.32 Å². The van der Waals surface area contributed by atoms with Gasteiger partial charge in [0.25, 0.3) is 0 Å². The Morgan fingerprint density at radius 1 is 1.44 bits per heavy atom. The Kier molecular flexibility index (Phi) is 3.91. The van der Waals surface area contributed by atoms with Crippen LogP contribution in [0.1, 0.15) is 33.1 Å². The fourth-order valence-corrected chi connectivity index (χ4v) is 1.68. The number of carbonyl (C=O) groups is 2. The van der Waals surface area contributed by atoms with Gasteiger partial charge in [0.05, 0.1) is 5.41 Å². The van der Waals surface area contributed by atoms with Crippen LogP contribution in [0.5, 0.6) is 0 Å². The topological polar surface area (TPSA) is 92.4 Å². The molecule has 1 amide bonds. The third kappa shape index (κ3) is 2.95. The zero-order valence-corrected chi connectivity index (χ0v) is 9.82. The van der Waals surface area contributed by atoms with Crippen LogP contribution in [-0.2, 0) is 9.59 Å². The van der Waals surface area contributed by atoms with Crippen LogP contribution in [0.25, 0.3) is 0 Å². The van der Waals surface area contributed by atoms with E-state index in [0.29, 0.717) is 13.0 Å². The van der Waals surface area contributed by atoms with Crippen molar-refractivity contribution in [3.63, 3.8) is 0 Å². The molecule has 0 radical (unpaired) electrons. The van der Waals surface area contributed by atoms with Crippen molar-refractivity contribution in [2.45, 2.75) is 39.2 Å². The normalized spacial score (nSPS) is 19.2. The molecule has 0 aliphatic heterocycles. The molecule has 92 valence electrons. The number of aliphatic carboxylic acids is 1. The number of nitrogens with two attached hydrogens (primary N) is 1. The minimum atomic E-state index is -0.977. The van der Waals surface area contributed by atoms with Crippen LogP contribution in [0, 0.1) is 11.3 Å². The van der Waals surface area contributed by atoms with Gasteiger partial charge in [-0.3, -0.25) is 4.79 Å². The molecule has 5 heteroatoms. The highest BCUT2D eigenvalue weighted by Gasteiger charge is 2.49. The Bertz CT molecular complexity index is 285. The van der Waals surface area contributed by atoms with Gasteiger partial charge >= 0.3 is 5.97 Å². The molecule has 1 aliphatic carbocycles. The number of amides is 1. The van der Waals surface area contributed by atoms with Gasteiger partial charge in [0.1, 0.15) is 6.04 Å². The monoisotopic (exact) mass is 228 g/mol. The standard InChI is InChI=1S/C11H20N2O3/c1-7(2)5-8(9(14)15)13-10(16)11(6-12)3-4-11/h7-8H,3-6,12H2,1-2H3,(H,13,16)(H,14,15)/t8-/m0/s1. The zero-order chi connectivity index (χ0) is 12.3. The molecule has 1 atom stereocenters. The molecule has 1 saturated carbocycles. The number of carbonyl (C=O) groups excluding carboxylic acids is 1. The van der Waals surface area contributed by atoms with Crippen LogP contribution in [-0.4, -0.2) is 29.6 Å². The van der Waals surface area contributed by atoms with Crippen molar-refractivity contribution in [3.05, 3.63) is 0 Å². The lowest BCUT2D eigenvalue weighted by Crippen LogP contribution is -2.46. The molecule has 0 aromatic heterocycles. The van der Waals surface area contributed by atoms with Gasteiger partial charge < -0.3 is 16.2 Å². The molecule has 0 aromatic carbocycles. The summed E-state index contributed by atoms with van der Waals surface area (Å²) in [5.41, 5.74) is 5.03. The van der Waals surface area contributed by atoms with Crippen LogP contribution in [0.2, 0.25) is 0 Å². The van der Waals surface area contributed by atoms with Crippen molar-refractivity contribution >= 4 is 11.9 Å². The molecule has 0 spiro atoms. The molecule has 1 rings (SSSR count). The van der Waals surface area contributed by atoms with Gasteiger partial charge in [0, 0.05) is 6.54 Å². The van der Waals surface area contributed by atoms with Crippen molar-refractivity contribution in [3.8, 4) is 0 Å². The first-order valence-electron chi connectivity index (χ1n) is 5.65. The number of hydrogen-bond donors (Lipinski definition) is 3. The van der Waals surface area contributed by atoms with E-state index in [1.54, 1.807) is 0 Å². The number of rotatable bonds is 6. The highest BCUT2D eigenvalue weighted by molar-refractivity contribution is 5.89. The minimum absolute atomic E-state index is 0.206. The SMILES string of the molecule is CC(C)C[C@H](NC(=O)C1(CN)CC1)C(=O)O. The van der Waals surface area contributed by atoms with Crippen LogP contribution in [0.15, 0.2) is 0 Å². The summed E-state index contributed by atoms with van der Waals surface area (Å²) in [5, 5.41) is 11.6. The summed E-state index contributed by atoms with van der Waals surface area (Å²) in [7, 11) is 0. The maximum Gasteiger partial charge on any atom is 0.326 e. The first kappa shape index (κ1) is 13.0. The molecule has 0 heterocycles. The lowest BCUT2D eigenvalue weighted by Gasteiger charge is -2.19. The summed E-state index contributed by atoms with van der Waals surface area (Å²) in [4.78, 5) is 22.8. The second-order valence-corrected chi connectivity index (χ2v) is 4.98. The summed E-state index contributed by atoms with van der Waals surface area (Å²) in [6.45, 7) is 4.16. The molecule has 1 fully saturated rings. The minimum Gasteiger partial charge on any atom is -0.480 e. The predicted molar refractivity (Wildman–Crippen MR) is 59.7 cm³/mol. The first-order valence-corrected chi connectivity index (χ1v) is 5.65. The quantitative estimate of drug-likeness (QED) is 0.611. The Morgan fingerprint density at radius 2 is 2.00 bits per heavy atom. The molecule has 16 heavy (non-hydrogen) atoms. The zero-order valence-electron chi connectivity index (χ0n) is 9.82. The van der Waals surface area contributed by atoms with E-state index in [4.69, 9.17) is 10.8 Å². The van der Waals surface area contributed by atoms with E-state index < -0.39 is 17.4 Å². The highest BCUT2D eigenvalue weighted by Crippen LogP contribution is 2.44. The summed E-state index contributed by atoms with van der Waals surface area (Å²) in [6, 6.07) is -0.795. The van der Waals surface area contributed by atoms with Crippen LogP contribution >= 0.6 is 0 Å². The van der Waals surface area contributed by atoms with Gasteiger partial charge in [-0.25, -0.2) is 4.79 Å². The van der Waals surface area contributed by atoms with E-state index in [9.17, 15) is 9.59 Å². The average molecular weight is 228 g/mol. The summed E-state index contributed by atoms with van der Waals surface area (Å²) >= 11 is 0. The summed E-state index contributed by atoms with van der Waals surface area (Å²) in [6.07, 6.45) is 1.98. The Labute approximate surface area is 95.4 Å². The molecule has 0 unspecified atom stereocenters. The van der Waals surface area contributed by atoms with Crippen molar-refractivity contribution in [2.75, 3.05) is 6.54 Å². The summed E-state index contributed by atoms with van der Waals surface area (Å²) < 4.78 is 0. The van der Waals surface area contributed by atoms with Gasteiger partial charge in [-0.05, 0) is 25.2 Å². The molecule has 4 N–H and O–H groups in total. The molecule has 1 aliphatic rings. The smallest absolute Gasteiger partial charge is 0.326 e. The van der Waals surface area contributed by atoms with Crippen LogP contribution in [0.3, 0.4) is 0 Å². The molecular formula is C11H20N2O3. The van der Waals surface area contributed by atoms with Crippen LogP contribution < -0.4 is 11.1 Å². The van der Waals surface area contributed by atoms with Crippen molar-refractivity contribution in [2.24, 2.45) is 17.1 Å². The number of hydrogen-bond acceptors (Lipinski definition) is 3. The summed E-state index contributed by atoms with van der Waals surface area (Å²) in [5.74, 6) is -0.952. The molecular weight excluding hydrogens is 208 g/mol. The van der Waals surface area contributed by atoms with Crippen LogP contribution in [0.4, 0.5) is 0 Å². The van der Waals surface area contributed by atoms with E-state index in [0.717, 1.165) is 12.8 Å². The van der Waals surface area contributed by atoms with Gasteiger partial charge in [-0.1, -0.05) is 13.8 Å². The first-order chi connectivity index (χ1) is 7.41. The maximum atomic E-state index is 11.8. The molecule has 0 saturated heterocycles. The van der Waals surface area contributed by atoms with E-state index in [2.05, 4.69) is 5.32 Å². The molecule has 0 bridgehead atoms. The van der Waals surface area contributed by atoms with Gasteiger partial charge in [-0.2, -0.15) is 0 Å². The molecule has 0 aromatic rings. The maximum absolute atomic E-state index is 11.8. The van der Waals surface area contributed by atoms with Crippen molar-refractivity contribution < 1.29 is 14.7 Å². The Balaban J connectivity index is 2.55. The van der Waals surface area contributed by atoms with Gasteiger partial charge in [0.2, 0.25) is 5.91 Å². The highest BCUT2D eigenvalue weighted by atomic mass is 16.4. The average Bonchev–Trinajstić information content (AvgIpc) is 2.96. The lowest BCUT2D eigenvalue weighted by atomic mass is 10.0.